The average Bonchev–Trinajstić information content (AvgIpc) is 2.53. The van der Waals surface area contributed by atoms with Crippen molar-refractivity contribution in [3.8, 4) is 0 Å². The summed E-state index contributed by atoms with van der Waals surface area (Å²) >= 11 is 0. The second kappa shape index (κ2) is 7.44. The molecule has 1 atom stereocenters. The van der Waals surface area contributed by atoms with E-state index in [0.717, 1.165) is 43.5 Å². The third-order valence-corrected chi connectivity index (χ3v) is 4.33. The van der Waals surface area contributed by atoms with Crippen LogP contribution in [0.4, 0.5) is 5.82 Å². The molecule has 0 radical (unpaired) electrons. The molecule has 24 heavy (non-hydrogen) atoms. The maximum absolute atomic E-state index is 11.4. The number of aromatic nitrogens is 2. The molecule has 1 aromatic rings. The first-order valence-electron chi connectivity index (χ1n) is 8.38. The number of nitrogens with two attached hydrogens (primary N) is 1. The van der Waals surface area contributed by atoms with E-state index < -0.39 is 0 Å². The van der Waals surface area contributed by atoms with Crippen LogP contribution in [0.2, 0.25) is 0 Å². The number of carbonyl (C=O) groups is 1. The Balaban J connectivity index is 2.17. The molecule has 0 aliphatic carbocycles. The Morgan fingerprint density at radius 1 is 1.29 bits per heavy atom. The van der Waals surface area contributed by atoms with Gasteiger partial charge < -0.3 is 15.4 Å². The third-order valence-electron chi connectivity index (χ3n) is 4.33. The summed E-state index contributed by atoms with van der Waals surface area (Å²) in [7, 11) is 1.67. The fraction of sp³-hybridized carbons (Fsp3) is 0.706. The number of carbonyl (C=O) groups excluding carboxylic acids is 1. The summed E-state index contributed by atoms with van der Waals surface area (Å²) in [6.07, 6.45) is 0. The predicted molar refractivity (Wildman–Crippen MR) is 93.9 cm³/mol. The normalized spacial score (nSPS) is 17.8. The van der Waals surface area contributed by atoms with Crippen LogP contribution in [0, 0.1) is 0 Å². The first-order chi connectivity index (χ1) is 11.2. The molecule has 1 saturated heterocycles. The largest absolute Gasteiger partial charge is 0.378 e. The van der Waals surface area contributed by atoms with Gasteiger partial charge in [-0.15, -0.1) is 0 Å². The Bertz CT molecular complexity index is 577. The lowest BCUT2D eigenvalue weighted by atomic mass is 9.95. The molecule has 1 amide bonds. The molecule has 0 saturated carbocycles. The van der Waals surface area contributed by atoms with E-state index in [1.165, 1.54) is 0 Å². The minimum Gasteiger partial charge on any atom is -0.378 e. The molecule has 0 aromatic carbocycles. The van der Waals surface area contributed by atoms with Crippen molar-refractivity contribution in [2.75, 3.05) is 38.2 Å². The van der Waals surface area contributed by atoms with Crippen LogP contribution in [0.5, 0.6) is 0 Å². The number of methoxy groups -OCH3 is 1. The lowest BCUT2D eigenvalue weighted by molar-refractivity contribution is -0.122. The van der Waals surface area contributed by atoms with E-state index in [-0.39, 0.29) is 17.4 Å². The van der Waals surface area contributed by atoms with Crippen molar-refractivity contribution in [1.82, 2.24) is 14.9 Å². The maximum Gasteiger partial charge on any atom is 0.234 e. The summed E-state index contributed by atoms with van der Waals surface area (Å²) in [5, 5.41) is 0. The first-order valence-corrected chi connectivity index (χ1v) is 8.38. The van der Waals surface area contributed by atoms with Crippen LogP contribution in [0.25, 0.3) is 0 Å². The topological polar surface area (TPSA) is 84.6 Å². The van der Waals surface area contributed by atoms with E-state index in [1.807, 2.05) is 13.0 Å². The van der Waals surface area contributed by atoms with E-state index >= 15 is 0 Å². The summed E-state index contributed by atoms with van der Waals surface area (Å²) in [6, 6.07) is 1.76. The number of primary amides is 1. The summed E-state index contributed by atoms with van der Waals surface area (Å²) in [4.78, 5) is 25.1. The number of anilines is 1. The molecule has 7 heteroatoms. The molecule has 0 bridgehead atoms. The maximum atomic E-state index is 11.4. The van der Waals surface area contributed by atoms with Crippen LogP contribution in [0.1, 0.15) is 39.2 Å². The Kier molecular flexibility index (Phi) is 5.77. The highest BCUT2D eigenvalue weighted by atomic mass is 16.5. The minimum absolute atomic E-state index is 0.124. The molecular formula is C17H29N5O2. The smallest absolute Gasteiger partial charge is 0.234 e. The lowest BCUT2D eigenvalue weighted by Crippen LogP contribution is -2.53. The van der Waals surface area contributed by atoms with Crippen molar-refractivity contribution in [2.45, 2.75) is 45.8 Å². The summed E-state index contributed by atoms with van der Waals surface area (Å²) in [5.41, 5.74) is 6.17. The molecule has 0 spiro atoms. The molecule has 134 valence electrons. The van der Waals surface area contributed by atoms with Gasteiger partial charge in [0.25, 0.3) is 0 Å². The van der Waals surface area contributed by atoms with Gasteiger partial charge in [-0.25, -0.2) is 9.97 Å². The number of amides is 1. The highest BCUT2D eigenvalue weighted by Crippen LogP contribution is 2.23. The fourth-order valence-corrected chi connectivity index (χ4v) is 2.72. The highest BCUT2D eigenvalue weighted by molar-refractivity contribution is 5.79. The first kappa shape index (κ1) is 18.6. The van der Waals surface area contributed by atoms with Crippen LogP contribution in [0.15, 0.2) is 6.07 Å². The van der Waals surface area contributed by atoms with Gasteiger partial charge in [0.1, 0.15) is 11.6 Å². The molecule has 1 aliphatic heterocycles. The van der Waals surface area contributed by atoms with Crippen molar-refractivity contribution in [2.24, 2.45) is 5.73 Å². The number of hydrogen-bond donors (Lipinski definition) is 1. The van der Waals surface area contributed by atoms with Gasteiger partial charge in [0.05, 0.1) is 18.3 Å². The van der Waals surface area contributed by atoms with Gasteiger partial charge in [-0.3, -0.25) is 9.69 Å². The summed E-state index contributed by atoms with van der Waals surface area (Å²) in [5.74, 6) is 1.47. The van der Waals surface area contributed by atoms with Crippen LogP contribution in [-0.2, 0) is 21.6 Å². The van der Waals surface area contributed by atoms with E-state index in [1.54, 1.807) is 7.11 Å². The Morgan fingerprint density at radius 2 is 1.92 bits per heavy atom. The number of nitrogens with zero attached hydrogens (tertiary/aromatic N) is 4. The zero-order valence-electron chi connectivity index (χ0n) is 15.4. The Hall–Kier alpha value is -1.73. The third kappa shape index (κ3) is 4.42. The Morgan fingerprint density at radius 3 is 2.42 bits per heavy atom. The van der Waals surface area contributed by atoms with Crippen molar-refractivity contribution >= 4 is 11.7 Å². The molecular weight excluding hydrogens is 306 g/mol. The van der Waals surface area contributed by atoms with Crippen LogP contribution < -0.4 is 10.6 Å². The molecule has 2 heterocycles. The average molecular weight is 335 g/mol. The van der Waals surface area contributed by atoms with Gasteiger partial charge in [-0.1, -0.05) is 20.8 Å². The zero-order valence-corrected chi connectivity index (χ0v) is 15.4. The van der Waals surface area contributed by atoms with Crippen LogP contribution in [0.3, 0.4) is 0 Å². The second-order valence-electron chi connectivity index (χ2n) is 7.33. The number of hydrogen-bond acceptors (Lipinski definition) is 6. The Labute approximate surface area is 144 Å². The van der Waals surface area contributed by atoms with E-state index in [4.69, 9.17) is 15.5 Å². The second-order valence-corrected chi connectivity index (χ2v) is 7.33. The molecule has 1 aromatic heterocycles. The van der Waals surface area contributed by atoms with Gasteiger partial charge in [0.15, 0.2) is 0 Å². The van der Waals surface area contributed by atoms with E-state index in [2.05, 4.69) is 35.6 Å². The molecule has 1 aliphatic rings. The van der Waals surface area contributed by atoms with Crippen LogP contribution in [-0.4, -0.2) is 60.1 Å². The van der Waals surface area contributed by atoms with Gasteiger partial charge in [0.2, 0.25) is 5.91 Å². The standard InChI is InChI=1S/C17H29N5O2/c1-12(15(18)23)21-6-8-22(9-7-21)14-10-13(11-24-5)19-16(20-14)17(2,3)4/h10,12H,6-9,11H2,1-5H3,(H2,18,23). The molecule has 7 nitrogen and oxygen atoms in total. The summed E-state index contributed by atoms with van der Waals surface area (Å²) < 4.78 is 5.24. The molecule has 1 unspecified atom stereocenters. The monoisotopic (exact) mass is 335 g/mol. The van der Waals surface area contributed by atoms with Gasteiger partial charge in [0, 0.05) is 44.8 Å². The minimum atomic E-state index is -0.275. The van der Waals surface area contributed by atoms with Crippen molar-refractivity contribution in [3.63, 3.8) is 0 Å². The van der Waals surface area contributed by atoms with Crippen molar-refractivity contribution < 1.29 is 9.53 Å². The highest BCUT2D eigenvalue weighted by Gasteiger charge is 2.26. The fourth-order valence-electron chi connectivity index (χ4n) is 2.72. The molecule has 1 fully saturated rings. The lowest BCUT2D eigenvalue weighted by Gasteiger charge is -2.37. The van der Waals surface area contributed by atoms with Crippen molar-refractivity contribution in [3.05, 3.63) is 17.6 Å². The number of rotatable bonds is 5. The van der Waals surface area contributed by atoms with Gasteiger partial charge in [-0.05, 0) is 6.92 Å². The van der Waals surface area contributed by atoms with Gasteiger partial charge in [-0.2, -0.15) is 0 Å². The molecule has 2 rings (SSSR count). The summed E-state index contributed by atoms with van der Waals surface area (Å²) in [6.45, 7) is 11.8. The number of ether oxygens (including phenoxy) is 1. The molecule has 2 N–H and O–H groups in total. The van der Waals surface area contributed by atoms with E-state index in [9.17, 15) is 4.79 Å². The number of piperazine rings is 1. The SMILES string of the molecule is COCc1cc(N2CCN(C(C)C(N)=O)CC2)nc(C(C)(C)C)n1. The van der Waals surface area contributed by atoms with Crippen LogP contribution >= 0.6 is 0 Å². The quantitative estimate of drug-likeness (QED) is 0.861. The van der Waals surface area contributed by atoms with Crippen molar-refractivity contribution in [1.29, 1.82) is 0 Å². The van der Waals surface area contributed by atoms with E-state index in [0.29, 0.717) is 6.61 Å². The zero-order chi connectivity index (χ0) is 17.9. The van der Waals surface area contributed by atoms with Gasteiger partial charge >= 0.3 is 0 Å². The predicted octanol–water partition coefficient (Wildman–Crippen LogP) is 0.916.